The number of carbonyl (C=O) groups excluding carboxylic acids is 1. The van der Waals surface area contributed by atoms with Crippen molar-refractivity contribution in [1.29, 1.82) is 0 Å². The molecule has 148 valence electrons. The van der Waals surface area contributed by atoms with Crippen LogP contribution in [-0.4, -0.2) is 48.3 Å². The van der Waals surface area contributed by atoms with Crippen LogP contribution in [0.15, 0.2) is 53.0 Å². The summed E-state index contributed by atoms with van der Waals surface area (Å²) in [7, 11) is 0. The maximum absolute atomic E-state index is 13.3. The van der Waals surface area contributed by atoms with Gasteiger partial charge in [-0.15, -0.1) is 24.8 Å². The minimum atomic E-state index is -0.342. The van der Waals surface area contributed by atoms with Gasteiger partial charge < -0.3 is 4.90 Å². The first kappa shape index (κ1) is 24.1. The Balaban J connectivity index is 0.00000182. The molecule has 1 aliphatic heterocycles. The summed E-state index contributed by atoms with van der Waals surface area (Å²) in [6, 6.07) is 15.0. The Morgan fingerprint density at radius 2 is 1.59 bits per heavy atom. The van der Waals surface area contributed by atoms with Gasteiger partial charge in [-0.2, -0.15) is 0 Å². The van der Waals surface area contributed by atoms with Crippen molar-refractivity contribution in [3.8, 4) is 0 Å². The van der Waals surface area contributed by atoms with E-state index in [0.717, 1.165) is 39.3 Å². The van der Waals surface area contributed by atoms with Gasteiger partial charge in [-0.25, -0.2) is 4.39 Å². The number of piperazine rings is 1. The van der Waals surface area contributed by atoms with E-state index in [1.807, 2.05) is 6.07 Å². The fourth-order valence-electron chi connectivity index (χ4n) is 3.09. The highest BCUT2D eigenvalue weighted by Gasteiger charge is 2.18. The highest BCUT2D eigenvalue weighted by Crippen LogP contribution is 2.18. The molecule has 0 amide bonds. The Kier molecular flexibility index (Phi) is 10.5. The molecule has 0 aliphatic carbocycles. The van der Waals surface area contributed by atoms with Gasteiger partial charge in [-0.3, -0.25) is 9.69 Å². The molecule has 1 fully saturated rings. The predicted octanol–water partition coefficient (Wildman–Crippen LogP) is 4.82. The lowest BCUT2D eigenvalue weighted by Crippen LogP contribution is -2.46. The van der Waals surface area contributed by atoms with Crippen LogP contribution >= 0.6 is 40.7 Å². The standard InChI is InChI=1S/C20H22BrFN2O.2ClH/c21-18-14-17(6-7-19(18)22)20(25)8-9-23-10-12-24(13-11-23)15-16-4-2-1-3-5-16;;/h1-7,14H,8-13,15H2;2*1H. The Hall–Kier alpha value is -0.980. The van der Waals surface area contributed by atoms with Crippen molar-refractivity contribution in [2.75, 3.05) is 32.7 Å². The summed E-state index contributed by atoms with van der Waals surface area (Å²) in [5.41, 5.74) is 1.91. The minimum absolute atomic E-state index is 0. The zero-order valence-corrected chi connectivity index (χ0v) is 18.2. The lowest BCUT2D eigenvalue weighted by atomic mass is 10.1. The third-order valence-electron chi connectivity index (χ3n) is 4.61. The number of carbonyl (C=O) groups is 1. The van der Waals surface area contributed by atoms with E-state index in [-0.39, 0.29) is 36.4 Å². The summed E-state index contributed by atoms with van der Waals surface area (Å²) in [5.74, 6) is -0.279. The minimum Gasteiger partial charge on any atom is -0.300 e. The fraction of sp³-hybridized carbons (Fsp3) is 0.350. The molecular formula is C20H24BrCl2FN2O. The highest BCUT2D eigenvalue weighted by molar-refractivity contribution is 9.10. The van der Waals surface area contributed by atoms with Gasteiger partial charge in [-0.05, 0) is 39.7 Å². The summed E-state index contributed by atoms with van der Waals surface area (Å²) < 4.78 is 13.6. The van der Waals surface area contributed by atoms with Gasteiger partial charge in [0.2, 0.25) is 0 Å². The lowest BCUT2D eigenvalue weighted by Gasteiger charge is -2.34. The lowest BCUT2D eigenvalue weighted by molar-refractivity contribution is 0.0922. The molecule has 0 radical (unpaired) electrons. The molecule has 3 nitrogen and oxygen atoms in total. The van der Waals surface area contributed by atoms with Crippen molar-refractivity contribution in [1.82, 2.24) is 9.80 Å². The first-order valence-corrected chi connectivity index (χ1v) is 9.38. The van der Waals surface area contributed by atoms with Crippen molar-refractivity contribution in [3.63, 3.8) is 0 Å². The van der Waals surface area contributed by atoms with Crippen LogP contribution in [0.3, 0.4) is 0 Å². The number of ketones is 1. The second-order valence-corrected chi connectivity index (χ2v) is 7.26. The SMILES string of the molecule is Cl.Cl.O=C(CCN1CCN(Cc2ccccc2)CC1)c1ccc(F)c(Br)c1. The molecule has 2 aromatic carbocycles. The van der Waals surface area contributed by atoms with Crippen molar-refractivity contribution in [3.05, 3.63) is 69.9 Å². The van der Waals surface area contributed by atoms with E-state index >= 15 is 0 Å². The second kappa shape index (κ2) is 11.8. The number of halogens is 4. The third-order valence-corrected chi connectivity index (χ3v) is 5.22. The molecule has 7 heteroatoms. The van der Waals surface area contributed by atoms with Crippen molar-refractivity contribution < 1.29 is 9.18 Å². The summed E-state index contributed by atoms with van der Waals surface area (Å²) in [6.45, 7) is 5.74. The van der Waals surface area contributed by atoms with Gasteiger partial charge in [-0.1, -0.05) is 30.3 Å². The van der Waals surface area contributed by atoms with Gasteiger partial charge in [0.05, 0.1) is 4.47 Å². The maximum atomic E-state index is 13.3. The highest BCUT2D eigenvalue weighted by atomic mass is 79.9. The van der Waals surface area contributed by atoms with Crippen LogP contribution in [0.25, 0.3) is 0 Å². The van der Waals surface area contributed by atoms with E-state index in [0.29, 0.717) is 16.5 Å². The number of Topliss-reactive ketones (excluding diaryl/α,β-unsaturated/α-hetero) is 1. The molecule has 0 N–H and O–H groups in total. The van der Waals surface area contributed by atoms with Crippen LogP contribution in [0.2, 0.25) is 0 Å². The Bertz CT molecular complexity index is 725. The Labute approximate surface area is 180 Å². The molecule has 1 saturated heterocycles. The molecule has 0 aromatic heterocycles. The van der Waals surface area contributed by atoms with Crippen LogP contribution in [-0.2, 0) is 6.54 Å². The van der Waals surface area contributed by atoms with E-state index in [4.69, 9.17) is 0 Å². The third kappa shape index (κ3) is 7.16. The summed E-state index contributed by atoms with van der Waals surface area (Å²) in [4.78, 5) is 17.1. The molecular weight excluding hydrogens is 454 g/mol. The zero-order valence-electron chi connectivity index (χ0n) is 14.9. The van der Waals surface area contributed by atoms with Crippen LogP contribution in [0.1, 0.15) is 22.3 Å². The van der Waals surface area contributed by atoms with Crippen LogP contribution < -0.4 is 0 Å². The first-order chi connectivity index (χ1) is 12.1. The summed E-state index contributed by atoms with van der Waals surface area (Å²) in [6.07, 6.45) is 0.469. The Morgan fingerprint density at radius 3 is 2.22 bits per heavy atom. The molecule has 2 aromatic rings. The quantitative estimate of drug-likeness (QED) is 0.557. The van der Waals surface area contributed by atoms with E-state index in [1.165, 1.54) is 11.6 Å². The molecule has 3 rings (SSSR count). The number of benzene rings is 2. The first-order valence-electron chi connectivity index (χ1n) is 8.59. The van der Waals surface area contributed by atoms with Crippen molar-refractivity contribution in [2.45, 2.75) is 13.0 Å². The molecule has 0 unspecified atom stereocenters. The van der Waals surface area contributed by atoms with Crippen LogP contribution in [0.4, 0.5) is 4.39 Å². The number of nitrogens with zero attached hydrogens (tertiary/aromatic N) is 2. The summed E-state index contributed by atoms with van der Waals surface area (Å²) in [5, 5.41) is 0. The van der Waals surface area contributed by atoms with Gasteiger partial charge in [0.1, 0.15) is 5.82 Å². The smallest absolute Gasteiger partial charge is 0.164 e. The monoisotopic (exact) mass is 476 g/mol. The van der Waals surface area contributed by atoms with Gasteiger partial charge in [0.25, 0.3) is 0 Å². The molecule has 1 aliphatic rings. The fourth-order valence-corrected chi connectivity index (χ4v) is 3.46. The largest absolute Gasteiger partial charge is 0.300 e. The molecule has 0 atom stereocenters. The van der Waals surface area contributed by atoms with Crippen LogP contribution in [0.5, 0.6) is 0 Å². The molecule has 0 spiro atoms. The van der Waals surface area contributed by atoms with E-state index in [2.05, 4.69) is 50.0 Å². The molecule has 0 bridgehead atoms. The van der Waals surface area contributed by atoms with E-state index in [9.17, 15) is 9.18 Å². The zero-order chi connectivity index (χ0) is 17.6. The second-order valence-electron chi connectivity index (χ2n) is 6.41. The molecule has 1 heterocycles. The summed E-state index contributed by atoms with van der Waals surface area (Å²) >= 11 is 3.13. The average Bonchev–Trinajstić information content (AvgIpc) is 2.64. The number of hydrogen-bond acceptors (Lipinski definition) is 3. The maximum Gasteiger partial charge on any atom is 0.164 e. The normalized spacial score (nSPS) is 14.9. The van der Waals surface area contributed by atoms with Gasteiger partial charge in [0, 0.05) is 51.3 Å². The van der Waals surface area contributed by atoms with Crippen LogP contribution in [0, 0.1) is 5.82 Å². The average molecular weight is 478 g/mol. The number of rotatable bonds is 6. The molecule has 27 heavy (non-hydrogen) atoms. The van der Waals surface area contributed by atoms with Gasteiger partial charge >= 0.3 is 0 Å². The van der Waals surface area contributed by atoms with E-state index in [1.54, 1.807) is 12.1 Å². The predicted molar refractivity (Wildman–Crippen MR) is 116 cm³/mol. The topological polar surface area (TPSA) is 23.6 Å². The number of hydrogen-bond donors (Lipinski definition) is 0. The Morgan fingerprint density at radius 1 is 0.963 bits per heavy atom. The molecule has 0 saturated carbocycles. The van der Waals surface area contributed by atoms with Crippen molar-refractivity contribution in [2.24, 2.45) is 0 Å². The van der Waals surface area contributed by atoms with Gasteiger partial charge in [0.15, 0.2) is 5.78 Å². The van der Waals surface area contributed by atoms with Crippen molar-refractivity contribution >= 4 is 46.5 Å². The van der Waals surface area contributed by atoms with E-state index < -0.39 is 0 Å².